The van der Waals surface area contributed by atoms with Crippen LogP contribution in [0, 0.1) is 11.8 Å². The van der Waals surface area contributed by atoms with E-state index in [0.29, 0.717) is 31.5 Å². The van der Waals surface area contributed by atoms with E-state index in [0.717, 1.165) is 12.1 Å². The average molecular weight is 398 g/mol. The fraction of sp³-hybridized carbons (Fsp3) is 0.526. The molecule has 0 saturated carbocycles. The number of aliphatic carboxylic acids is 1. The Morgan fingerprint density at radius 2 is 1.82 bits per heavy atom. The smallest absolute Gasteiger partial charge is 0.416 e. The molecule has 0 radical (unpaired) electrons. The lowest BCUT2D eigenvalue weighted by atomic mass is 9.95. The number of nitrogens with zero attached hydrogens (tertiary/aromatic N) is 2. The normalized spacial score (nSPS) is 21.2. The summed E-state index contributed by atoms with van der Waals surface area (Å²) in [5.74, 6) is -2.32. The summed E-state index contributed by atoms with van der Waals surface area (Å²) in [6.07, 6.45) is -3.66. The van der Waals surface area contributed by atoms with Gasteiger partial charge in [-0.1, -0.05) is 12.1 Å². The van der Waals surface area contributed by atoms with Crippen LogP contribution in [0.5, 0.6) is 0 Å². The van der Waals surface area contributed by atoms with Crippen molar-refractivity contribution in [1.29, 1.82) is 0 Å². The molecule has 28 heavy (non-hydrogen) atoms. The zero-order valence-electron chi connectivity index (χ0n) is 15.1. The van der Waals surface area contributed by atoms with Crippen molar-refractivity contribution in [3.05, 3.63) is 35.4 Å². The molecule has 1 unspecified atom stereocenters. The molecule has 0 aromatic heterocycles. The Balaban J connectivity index is 1.60. The van der Waals surface area contributed by atoms with Gasteiger partial charge in [0.15, 0.2) is 0 Å². The van der Waals surface area contributed by atoms with Crippen molar-refractivity contribution in [2.24, 2.45) is 11.8 Å². The Morgan fingerprint density at radius 3 is 2.43 bits per heavy atom. The highest BCUT2D eigenvalue weighted by Crippen LogP contribution is 2.30. The maximum Gasteiger partial charge on any atom is 0.416 e. The first-order valence-electron chi connectivity index (χ1n) is 9.10. The second-order valence-electron chi connectivity index (χ2n) is 7.31. The minimum absolute atomic E-state index is 0.0215. The van der Waals surface area contributed by atoms with Crippen LogP contribution in [0.2, 0.25) is 0 Å². The van der Waals surface area contributed by atoms with Crippen molar-refractivity contribution < 1.29 is 32.7 Å². The average Bonchev–Trinajstić information content (AvgIpc) is 3.01. The van der Waals surface area contributed by atoms with E-state index in [9.17, 15) is 27.6 Å². The van der Waals surface area contributed by atoms with Gasteiger partial charge in [-0.3, -0.25) is 14.4 Å². The van der Waals surface area contributed by atoms with Gasteiger partial charge in [-0.15, -0.1) is 0 Å². The predicted octanol–water partition coefficient (Wildman–Crippen LogP) is 2.38. The lowest BCUT2D eigenvalue weighted by Crippen LogP contribution is -2.43. The van der Waals surface area contributed by atoms with E-state index in [2.05, 4.69) is 0 Å². The number of alkyl halides is 3. The highest BCUT2D eigenvalue weighted by atomic mass is 19.4. The van der Waals surface area contributed by atoms with Gasteiger partial charge in [0.25, 0.3) is 0 Å². The van der Waals surface area contributed by atoms with Crippen LogP contribution >= 0.6 is 0 Å². The van der Waals surface area contributed by atoms with Crippen LogP contribution in [0.15, 0.2) is 24.3 Å². The first-order chi connectivity index (χ1) is 13.1. The quantitative estimate of drug-likeness (QED) is 0.845. The summed E-state index contributed by atoms with van der Waals surface area (Å²) in [7, 11) is 0. The van der Waals surface area contributed by atoms with Crippen molar-refractivity contribution in [1.82, 2.24) is 9.80 Å². The summed E-state index contributed by atoms with van der Waals surface area (Å²) >= 11 is 0. The fourth-order valence-electron chi connectivity index (χ4n) is 3.76. The van der Waals surface area contributed by atoms with Gasteiger partial charge in [0.05, 0.1) is 17.4 Å². The molecule has 2 amide bonds. The Bertz CT molecular complexity index is 773. The standard InChI is InChI=1S/C19H21F3N2O4/c20-19(21,22)15-3-1-2-12(8-15)10-24-11-14(9-16(24)25)17(26)23-6-4-13(5-7-23)18(27)28/h1-3,8,13-14H,4-7,9-11H2,(H,27,28). The van der Waals surface area contributed by atoms with Gasteiger partial charge < -0.3 is 14.9 Å². The van der Waals surface area contributed by atoms with E-state index >= 15 is 0 Å². The topological polar surface area (TPSA) is 77.9 Å². The molecular weight excluding hydrogens is 377 g/mol. The molecule has 0 aliphatic carbocycles. The Hall–Kier alpha value is -2.58. The van der Waals surface area contributed by atoms with Gasteiger partial charge in [-0.05, 0) is 30.5 Å². The molecule has 2 fully saturated rings. The number of carbonyl (C=O) groups excluding carboxylic acids is 2. The van der Waals surface area contributed by atoms with Crippen LogP contribution < -0.4 is 0 Å². The molecule has 0 bridgehead atoms. The second kappa shape index (κ2) is 7.81. The summed E-state index contributed by atoms with van der Waals surface area (Å²) in [5, 5.41) is 9.03. The Kier molecular flexibility index (Phi) is 5.62. The molecule has 1 N–H and O–H groups in total. The molecule has 2 aliphatic heterocycles. The Labute approximate surface area is 159 Å². The third-order valence-electron chi connectivity index (χ3n) is 5.35. The summed E-state index contributed by atoms with van der Waals surface area (Å²) < 4.78 is 38.5. The number of piperidine rings is 1. The zero-order valence-corrected chi connectivity index (χ0v) is 15.1. The van der Waals surface area contributed by atoms with E-state index in [1.807, 2.05) is 0 Å². The molecule has 0 spiro atoms. The van der Waals surface area contributed by atoms with Crippen molar-refractivity contribution in [2.45, 2.75) is 32.0 Å². The molecule has 9 heteroatoms. The first kappa shape index (κ1) is 20.2. The zero-order chi connectivity index (χ0) is 20.5. The molecule has 2 saturated heterocycles. The monoisotopic (exact) mass is 398 g/mol. The number of rotatable bonds is 4. The molecule has 6 nitrogen and oxygen atoms in total. The van der Waals surface area contributed by atoms with Gasteiger partial charge >= 0.3 is 12.1 Å². The van der Waals surface area contributed by atoms with E-state index < -0.39 is 29.5 Å². The SMILES string of the molecule is O=C(O)C1CCN(C(=O)C2CC(=O)N(Cc3cccc(C(F)(F)F)c3)C2)CC1. The minimum atomic E-state index is -4.45. The molecule has 2 aliphatic rings. The third-order valence-corrected chi connectivity index (χ3v) is 5.35. The molecular formula is C19H21F3N2O4. The van der Waals surface area contributed by atoms with Crippen molar-refractivity contribution >= 4 is 17.8 Å². The van der Waals surface area contributed by atoms with E-state index in [4.69, 9.17) is 5.11 Å². The fourth-order valence-corrected chi connectivity index (χ4v) is 3.76. The van der Waals surface area contributed by atoms with Crippen LogP contribution in [0.3, 0.4) is 0 Å². The first-order valence-corrected chi connectivity index (χ1v) is 9.10. The molecule has 1 aromatic carbocycles. The van der Waals surface area contributed by atoms with Crippen LogP contribution in [0.4, 0.5) is 13.2 Å². The molecule has 3 rings (SSSR count). The van der Waals surface area contributed by atoms with Gasteiger partial charge in [-0.25, -0.2) is 0 Å². The maximum atomic E-state index is 12.8. The largest absolute Gasteiger partial charge is 0.481 e. The molecule has 2 heterocycles. The van der Waals surface area contributed by atoms with Crippen LogP contribution in [0.1, 0.15) is 30.4 Å². The van der Waals surface area contributed by atoms with Crippen molar-refractivity contribution in [2.75, 3.05) is 19.6 Å². The van der Waals surface area contributed by atoms with Crippen molar-refractivity contribution in [3.63, 3.8) is 0 Å². The van der Waals surface area contributed by atoms with Crippen LogP contribution in [-0.4, -0.2) is 52.3 Å². The highest BCUT2D eigenvalue weighted by Gasteiger charge is 2.38. The summed E-state index contributed by atoms with van der Waals surface area (Å²) in [6, 6.07) is 4.81. The molecule has 1 aromatic rings. The van der Waals surface area contributed by atoms with Gasteiger partial charge in [0, 0.05) is 32.6 Å². The number of carboxylic acid groups (broad SMARTS) is 1. The number of benzene rings is 1. The van der Waals surface area contributed by atoms with Gasteiger partial charge in [0.2, 0.25) is 11.8 Å². The third kappa shape index (κ3) is 4.45. The van der Waals surface area contributed by atoms with E-state index in [-0.39, 0.29) is 31.3 Å². The summed E-state index contributed by atoms with van der Waals surface area (Å²) in [4.78, 5) is 38.9. The number of likely N-dealkylation sites (tertiary alicyclic amines) is 2. The van der Waals surface area contributed by atoms with Crippen LogP contribution in [-0.2, 0) is 27.1 Å². The Morgan fingerprint density at radius 1 is 1.14 bits per heavy atom. The number of hydrogen-bond acceptors (Lipinski definition) is 3. The lowest BCUT2D eigenvalue weighted by Gasteiger charge is -2.31. The number of amides is 2. The highest BCUT2D eigenvalue weighted by molar-refractivity contribution is 5.89. The summed E-state index contributed by atoms with van der Waals surface area (Å²) in [5.41, 5.74) is -0.413. The number of hydrogen-bond donors (Lipinski definition) is 1. The number of carbonyl (C=O) groups is 3. The summed E-state index contributed by atoms with van der Waals surface area (Å²) in [6.45, 7) is 0.864. The predicted molar refractivity (Wildman–Crippen MR) is 91.9 cm³/mol. The minimum Gasteiger partial charge on any atom is -0.481 e. The number of halogens is 3. The second-order valence-corrected chi connectivity index (χ2v) is 7.31. The van der Waals surface area contributed by atoms with E-state index in [1.54, 1.807) is 4.90 Å². The number of carboxylic acids is 1. The lowest BCUT2D eigenvalue weighted by molar-refractivity contribution is -0.146. The maximum absolute atomic E-state index is 12.8. The van der Waals surface area contributed by atoms with Gasteiger partial charge in [0.1, 0.15) is 0 Å². The van der Waals surface area contributed by atoms with Crippen molar-refractivity contribution in [3.8, 4) is 0 Å². The molecule has 152 valence electrons. The molecule has 1 atom stereocenters. The van der Waals surface area contributed by atoms with E-state index in [1.165, 1.54) is 17.0 Å². The van der Waals surface area contributed by atoms with Gasteiger partial charge in [-0.2, -0.15) is 13.2 Å². The van der Waals surface area contributed by atoms with Crippen LogP contribution in [0.25, 0.3) is 0 Å².